The topological polar surface area (TPSA) is 72.6 Å². The third-order valence-electron chi connectivity index (χ3n) is 4.41. The highest BCUT2D eigenvalue weighted by Gasteiger charge is 2.29. The summed E-state index contributed by atoms with van der Waals surface area (Å²) in [5.41, 5.74) is 6.55. The number of amides is 1. The molecule has 1 fully saturated rings. The summed E-state index contributed by atoms with van der Waals surface area (Å²) < 4.78 is 5.74. The third kappa shape index (κ3) is 5.21. The minimum atomic E-state index is -0.580. The van der Waals surface area contributed by atoms with Gasteiger partial charge in [-0.3, -0.25) is 9.59 Å². The molecule has 1 aromatic carbocycles. The zero-order chi connectivity index (χ0) is 17.0. The van der Waals surface area contributed by atoms with Gasteiger partial charge < -0.3 is 15.4 Å². The van der Waals surface area contributed by atoms with Gasteiger partial charge in [-0.1, -0.05) is 12.1 Å². The van der Waals surface area contributed by atoms with Crippen LogP contribution in [-0.4, -0.2) is 41.8 Å². The molecule has 0 spiro atoms. The van der Waals surface area contributed by atoms with Crippen LogP contribution in [0.5, 0.6) is 5.75 Å². The fraction of sp³-hybridized carbons (Fsp3) is 0.556. The van der Waals surface area contributed by atoms with E-state index in [4.69, 9.17) is 10.5 Å². The maximum absolute atomic E-state index is 12.6. The molecule has 6 heteroatoms. The molecule has 2 N–H and O–H groups in total. The number of nitrogens with zero attached hydrogens (tertiary/aromatic N) is 1. The van der Waals surface area contributed by atoms with Crippen LogP contribution < -0.4 is 10.5 Å². The fourth-order valence-electron chi connectivity index (χ4n) is 2.94. The molecule has 1 heterocycles. The van der Waals surface area contributed by atoms with Gasteiger partial charge in [-0.15, -0.1) is 12.4 Å². The standard InChI is InChI=1S/C18H26N2O3.ClH/c1-12(19)16-7-5-9-20(11-16)18(22)14(3)23-17-8-4-6-15(10-17)13(2)21;/h4,6,8,10,12,14,16H,5,7,9,11,19H2,1-3H3;1H. The summed E-state index contributed by atoms with van der Waals surface area (Å²) in [5.74, 6) is 0.842. The van der Waals surface area contributed by atoms with Gasteiger partial charge in [0.25, 0.3) is 5.91 Å². The molecule has 5 nitrogen and oxygen atoms in total. The molecular weight excluding hydrogens is 328 g/mol. The first-order valence-electron chi connectivity index (χ1n) is 8.20. The number of hydrogen-bond acceptors (Lipinski definition) is 4. The summed E-state index contributed by atoms with van der Waals surface area (Å²) in [7, 11) is 0. The molecule has 3 unspecified atom stereocenters. The Morgan fingerprint density at radius 2 is 2.04 bits per heavy atom. The predicted octanol–water partition coefficient (Wildman–Crippen LogP) is 2.66. The Balaban J connectivity index is 0.00000288. The molecule has 1 aliphatic rings. The largest absolute Gasteiger partial charge is 0.481 e. The molecule has 1 aromatic rings. The average molecular weight is 355 g/mol. The normalized spacial score (nSPS) is 19.8. The second-order valence-electron chi connectivity index (χ2n) is 6.39. The minimum absolute atomic E-state index is 0. The van der Waals surface area contributed by atoms with Crippen molar-refractivity contribution in [2.45, 2.75) is 45.8 Å². The van der Waals surface area contributed by atoms with Crippen molar-refractivity contribution in [1.29, 1.82) is 0 Å². The molecule has 0 radical (unpaired) electrons. The van der Waals surface area contributed by atoms with Gasteiger partial charge in [0.1, 0.15) is 5.75 Å². The number of ketones is 1. The molecule has 3 atom stereocenters. The fourth-order valence-corrected chi connectivity index (χ4v) is 2.94. The lowest BCUT2D eigenvalue weighted by Crippen LogP contribution is -2.48. The van der Waals surface area contributed by atoms with Gasteiger partial charge in [0.05, 0.1) is 0 Å². The summed E-state index contributed by atoms with van der Waals surface area (Å²) in [4.78, 5) is 25.8. The zero-order valence-corrected chi connectivity index (χ0v) is 15.3. The monoisotopic (exact) mass is 354 g/mol. The van der Waals surface area contributed by atoms with E-state index in [2.05, 4.69) is 0 Å². The second-order valence-corrected chi connectivity index (χ2v) is 6.39. The van der Waals surface area contributed by atoms with Crippen LogP contribution in [-0.2, 0) is 4.79 Å². The molecule has 0 aliphatic carbocycles. The number of benzene rings is 1. The molecule has 1 amide bonds. The third-order valence-corrected chi connectivity index (χ3v) is 4.41. The average Bonchev–Trinajstić information content (AvgIpc) is 2.54. The SMILES string of the molecule is CC(=O)c1cccc(OC(C)C(=O)N2CCCC(C(C)N)C2)c1.Cl. The van der Waals surface area contributed by atoms with E-state index in [0.717, 1.165) is 19.4 Å². The number of piperidine rings is 1. The summed E-state index contributed by atoms with van der Waals surface area (Å²) in [6.07, 6.45) is 1.46. The van der Waals surface area contributed by atoms with Gasteiger partial charge in [0, 0.05) is 24.7 Å². The first kappa shape index (κ1) is 20.5. The van der Waals surface area contributed by atoms with Crippen molar-refractivity contribution in [1.82, 2.24) is 4.90 Å². The highest BCUT2D eigenvalue weighted by Crippen LogP contribution is 2.21. The molecule has 1 saturated heterocycles. The van der Waals surface area contributed by atoms with Crippen LogP contribution in [0.3, 0.4) is 0 Å². The van der Waals surface area contributed by atoms with Crippen molar-refractivity contribution in [3.05, 3.63) is 29.8 Å². The molecular formula is C18H27ClN2O3. The minimum Gasteiger partial charge on any atom is -0.481 e. The Morgan fingerprint density at radius 3 is 2.67 bits per heavy atom. The van der Waals surface area contributed by atoms with Gasteiger partial charge in [0.2, 0.25) is 0 Å². The Morgan fingerprint density at radius 1 is 1.33 bits per heavy atom. The number of rotatable bonds is 5. The van der Waals surface area contributed by atoms with Crippen molar-refractivity contribution >= 4 is 24.1 Å². The van der Waals surface area contributed by atoms with Gasteiger partial charge in [-0.05, 0) is 51.7 Å². The Labute approximate surface area is 149 Å². The molecule has 2 rings (SSSR count). The van der Waals surface area contributed by atoms with Crippen LogP contribution in [0.25, 0.3) is 0 Å². The maximum Gasteiger partial charge on any atom is 0.263 e. The molecule has 24 heavy (non-hydrogen) atoms. The molecule has 0 bridgehead atoms. The van der Waals surface area contributed by atoms with E-state index in [1.165, 1.54) is 6.92 Å². The summed E-state index contributed by atoms with van der Waals surface area (Å²) in [6, 6.07) is 7.02. The summed E-state index contributed by atoms with van der Waals surface area (Å²) in [5, 5.41) is 0. The van der Waals surface area contributed by atoms with E-state index in [-0.39, 0.29) is 30.1 Å². The quantitative estimate of drug-likeness (QED) is 0.825. The van der Waals surface area contributed by atoms with Crippen molar-refractivity contribution in [2.75, 3.05) is 13.1 Å². The number of carbonyl (C=O) groups excluding carboxylic acids is 2. The molecule has 134 valence electrons. The van der Waals surface area contributed by atoms with E-state index in [1.54, 1.807) is 31.2 Å². The van der Waals surface area contributed by atoms with Crippen LogP contribution in [0.2, 0.25) is 0 Å². The highest BCUT2D eigenvalue weighted by molar-refractivity contribution is 5.94. The van der Waals surface area contributed by atoms with Gasteiger partial charge in [-0.25, -0.2) is 0 Å². The van der Waals surface area contributed by atoms with Crippen LogP contribution in [0.4, 0.5) is 0 Å². The van der Waals surface area contributed by atoms with Crippen molar-refractivity contribution < 1.29 is 14.3 Å². The number of Topliss-reactive ketones (excluding diaryl/α,β-unsaturated/α-hetero) is 1. The lowest BCUT2D eigenvalue weighted by atomic mass is 9.92. The van der Waals surface area contributed by atoms with Crippen molar-refractivity contribution in [3.63, 3.8) is 0 Å². The predicted molar refractivity (Wildman–Crippen MR) is 96.7 cm³/mol. The van der Waals surface area contributed by atoms with E-state index in [0.29, 0.717) is 23.8 Å². The first-order chi connectivity index (χ1) is 10.9. The van der Waals surface area contributed by atoms with Crippen LogP contribution in [0.1, 0.15) is 44.0 Å². The van der Waals surface area contributed by atoms with Gasteiger partial charge in [0.15, 0.2) is 11.9 Å². The molecule has 0 aromatic heterocycles. The lowest BCUT2D eigenvalue weighted by Gasteiger charge is -2.35. The number of carbonyl (C=O) groups is 2. The maximum atomic E-state index is 12.6. The first-order valence-corrected chi connectivity index (χ1v) is 8.20. The van der Waals surface area contributed by atoms with E-state index in [9.17, 15) is 9.59 Å². The van der Waals surface area contributed by atoms with Crippen LogP contribution in [0.15, 0.2) is 24.3 Å². The zero-order valence-electron chi connectivity index (χ0n) is 14.5. The molecule has 1 aliphatic heterocycles. The molecule has 0 saturated carbocycles. The van der Waals surface area contributed by atoms with E-state index < -0.39 is 6.10 Å². The summed E-state index contributed by atoms with van der Waals surface area (Å²) >= 11 is 0. The Kier molecular flexibility index (Phi) is 7.70. The highest BCUT2D eigenvalue weighted by atomic mass is 35.5. The smallest absolute Gasteiger partial charge is 0.263 e. The number of hydrogen-bond donors (Lipinski definition) is 1. The number of ether oxygens (including phenoxy) is 1. The summed E-state index contributed by atoms with van der Waals surface area (Å²) in [6.45, 7) is 6.70. The lowest BCUT2D eigenvalue weighted by molar-refractivity contribution is -0.139. The second kappa shape index (κ2) is 9.04. The number of halogens is 1. The van der Waals surface area contributed by atoms with Crippen molar-refractivity contribution in [2.24, 2.45) is 11.7 Å². The van der Waals surface area contributed by atoms with Crippen molar-refractivity contribution in [3.8, 4) is 5.75 Å². The van der Waals surface area contributed by atoms with E-state index >= 15 is 0 Å². The van der Waals surface area contributed by atoms with Gasteiger partial charge >= 0.3 is 0 Å². The number of likely N-dealkylation sites (tertiary alicyclic amines) is 1. The van der Waals surface area contributed by atoms with E-state index in [1.807, 2.05) is 11.8 Å². The Bertz CT molecular complexity index is 577. The number of nitrogens with two attached hydrogens (primary N) is 1. The van der Waals surface area contributed by atoms with Gasteiger partial charge in [-0.2, -0.15) is 0 Å². The Hall–Kier alpha value is -1.59. The van der Waals surface area contributed by atoms with Crippen LogP contribution >= 0.6 is 12.4 Å². The van der Waals surface area contributed by atoms with Crippen LogP contribution in [0, 0.1) is 5.92 Å².